The van der Waals surface area contributed by atoms with Crippen LogP contribution in [0.2, 0.25) is 0 Å². The van der Waals surface area contributed by atoms with Crippen LogP contribution < -0.4 is 37.6 Å². The summed E-state index contributed by atoms with van der Waals surface area (Å²) in [6.45, 7) is 15.1. The number of carbonyl (C=O) groups is 9. The predicted molar refractivity (Wildman–Crippen MR) is 241 cm³/mol. The number of phenolic OH excluding ortho intramolecular Hbond substituents is 1. The van der Waals surface area contributed by atoms with Crippen molar-refractivity contribution < 1.29 is 57.7 Å². The van der Waals surface area contributed by atoms with Gasteiger partial charge in [0.1, 0.15) is 54.3 Å². The molecule has 3 saturated heterocycles. The van der Waals surface area contributed by atoms with Crippen molar-refractivity contribution in [2.75, 3.05) is 7.05 Å². The maximum absolute atomic E-state index is 14.5. The second kappa shape index (κ2) is 25.2. The Labute approximate surface area is 387 Å². The summed E-state index contributed by atoms with van der Waals surface area (Å²) >= 11 is 0. The minimum atomic E-state index is -1.73. The van der Waals surface area contributed by atoms with Crippen molar-refractivity contribution >= 4 is 53.2 Å². The number of hydrogen-bond acceptors (Lipinski definition) is 12. The first kappa shape index (κ1) is 54.5. The number of fused-ring (bicyclic) bond motifs is 19. The number of benzene rings is 1. The third-order valence-electron chi connectivity index (χ3n) is 12.1. The number of nitrogens with two attached hydrogens (primary N) is 1. The average Bonchev–Trinajstić information content (AvgIpc) is 3.26. The van der Waals surface area contributed by atoms with Crippen LogP contribution in [0.15, 0.2) is 24.3 Å². The summed E-state index contributed by atoms with van der Waals surface area (Å²) in [5.74, 6) is -8.74. The lowest BCUT2D eigenvalue weighted by atomic mass is 9.95. The number of nitrogens with one attached hydrogen (secondary N) is 6. The van der Waals surface area contributed by atoms with E-state index in [1.165, 1.54) is 31.0 Å². The fourth-order valence-electron chi connectivity index (χ4n) is 7.72. The number of hydrogen-bond donors (Lipinski definition) is 8. The van der Waals surface area contributed by atoms with Crippen molar-refractivity contribution in [2.24, 2.45) is 29.4 Å². The zero-order valence-corrected chi connectivity index (χ0v) is 39.9. The van der Waals surface area contributed by atoms with Gasteiger partial charge in [0, 0.05) is 25.8 Å². The molecule has 9 N–H and O–H groups in total. The van der Waals surface area contributed by atoms with Crippen LogP contribution in [0, 0.1) is 23.7 Å². The SMILES string of the molecule is CC[C@@H]1O[C@@H]2CC[C@H](NC(=O)[C@H](CC(C)C)NC(=O)C(NC(=O)[C@H](CCC(N)=O)NC(=O)C(C)C)[C@@H](C)OC(=O)[C@H]([C@@H](C)CC)NC(=O)[C@H](Cc3ccc(O)cc3)N(C)C(=O)C1C)C(=O)N2. The van der Waals surface area contributed by atoms with Crippen molar-refractivity contribution in [3.63, 3.8) is 0 Å². The molecule has 0 radical (unpaired) electrons. The van der Waals surface area contributed by atoms with Gasteiger partial charge in [0.25, 0.3) is 0 Å². The normalized spacial score (nSPS) is 27.3. The van der Waals surface area contributed by atoms with Gasteiger partial charge in [0.05, 0.1) is 12.0 Å². The van der Waals surface area contributed by atoms with Gasteiger partial charge < -0.3 is 57.1 Å². The van der Waals surface area contributed by atoms with E-state index in [0.717, 1.165) is 0 Å². The predicted octanol–water partition coefficient (Wildman–Crippen LogP) is 0.812. The number of carbonyl (C=O) groups excluding carboxylic acids is 9. The van der Waals surface area contributed by atoms with E-state index in [2.05, 4.69) is 31.9 Å². The molecule has 368 valence electrons. The summed E-state index contributed by atoms with van der Waals surface area (Å²) in [6.07, 6.45) is -2.37. The van der Waals surface area contributed by atoms with E-state index in [-0.39, 0.29) is 50.2 Å². The average molecular weight is 929 g/mol. The third-order valence-corrected chi connectivity index (χ3v) is 12.1. The number of phenols is 1. The van der Waals surface area contributed by atoms with E-state index in [0.29, 0.717) is 18.4 Å². The van der Waals surface area contributed by atoms with Gasteiger partial charge in [-0.2, -0.15) is 0 Å². The van der Waals surface area contributed by atoms with Crippen molar-refractivity contribution in [3.8, 4) is 5.75 Å². The van der Waals surface area contributed by atoms with Gasteiger partial charge >= 0.3 is 5.97 Å². The smallest absolute Gasteiger partial charge is 0.329 e. The molecule has 3 aliphatic rings. The molecule has 2 unspecified atom stereocenters. The molecule has 3 fully saturated rings. The molecular weight excluding hydrogens is 857 g/mol. The molecule has 4 rings (SSSR count). The molecule has 0 aromatic heterocycles. The Hall–Kier alpha value is -5.79. The fraction of sp³-hybridized carbons (Fsp3) is 0.674. The number of aromatic hydroxyl groups is 1. The third kappa shape index (κ3) is 15.7. The van der Waals surface area contributed by atoms with Crippen LogP contribution in [0.3, 0.4) is 0 Å². The van der Waals surface area contributed by atoms with E-state index >= 15 is 0 Å². The molecule has 20 nitrogen and oxygen atoms in total. The molecule has 20 heteroatoms. The molecule has 0 saturated carbocycles. The molecule has 0 spiro atoms. The molecule has 2 bridgehead atoms. The topological polar surface area (TPSA) is 294 Å². The molecule has 66 heavy (non-hydrogen) atoms. The Balaban J connectivity index is 2.17. The maximum atomic E-state index is 14.5. The monoisotopic (exact) mass is 929 g/mol. The minimum Gasteiger partial charge on any atom is -0.508 e. The summed E-state index contributed by atoms with van der Waals surface area (Å²) in [6, 6.07) is -1.82. The van der Waals surface area contributed by atoms with Crippen LogP contribution >= 0.6 is 0 Å². The molecule has 1 aromatic carbocycles. The highest BCUT2D eigenvalue weighted by molar-refractivity contribution is 5.97. The standard InChI is InChI=1S/C46H72N8O12/c1-11-25(7)37-46(64)65-27(9)38(53-41(59)30(17-19-35(47)56)48-39(57)24(5)6)44(62)50-32(21-23(3)4)42(60)49-31-18-20-36(51-40(31)58)66-34(12-2)26(8)45(63)54(10)33(43(61)52-37)22-28-13-15-29(55)16-14-28/h13-16,23-27,30-34,36-38,55H,11-12,17-22H2,1-10H3,(H2,47,56)(H,48,57)(H,49,60)(H,50,62)(H,51,58)(H,52,61)(H,53,59)/t25-,26?,27+,30-,31-,32-,33-,34-,36+,37-,38?/m0/s1. The zero-order valence-electron chi connectivity index (χ0n) is 39.9. The summed E-state index contributed by atoms with van der Waals surface area (Å²) in [4.78, 5) is 125. The number of amides is 8. The van der Waals surface area contributed by atoms with E-state index in [9.17, 15) is 48.3 Å². The van der Waals surface area contributed by atoms with Crippen molar-refractivity contribution in [3.05, 3.63) is 29.8 Å². The zero-order chi connectivity index (χ0) is 49.6. The Kier molecular flexibility index (Phi) is 20.8. The molecule has 11 atom stereocenters. The van der Waals surface area contributed by atoms with Crippen LogP contribution in [-0.2, 0) is 59.0 Å². The lowest BCUT2D eigenvalue weighted by Crippen LogP contribution is -2.62. The number of rotatable bonds is 14. The Morgan fingerprint density at radius 1 is 0.864 bits per heavy atom. The lowest BCUT2D eigenvalue weighted by molar-refractivity contribution is -0.158. The van der Waals surface area contributed by atoms with Crippen molar-refractivity contribution in [2.45, 2.75) is 168 Å². The highest BCUT2D eigenvalue weighted by Gasteiger charge is 2.41. The molecular formula is C46H72N8O12. The summed E-state index contributed by atoms with van der Waals surface area (Å²) in [5.41, 5.74) is 5.97. The molecule has 8 amide bonds. The van der Waals surface area contributed by atoms with Gasteiger partial charge in [0.15, 0.2) is 0 Å². The number of nitrogens with zero attached hydrogens (tertiary/aromatic N) is 1. The Morgan fingerprint density at radius 3 is 2.08 bits per heavy atom. The Morgan fingerprint density at radius 2 is 1.52 bits per heavy atom. The second-order valence-corrected chi connectivity index (χ2v) is 18.3. The quantitative estimate of drug-likeness (QED) is 0.0951. The second-order valence-electron chi connectivity index (χ2n) is 18.3. The molecule has 3 aliphatic heterocycles. The highest BCUT2D eigenvalue weighted by Crippen LogP contribution is 2.23. The number of esters is 1. The summed E-state index contributed by atoms with van der Waals surface area (Å²) in [7, 11) is 1.46. The van der Waals surface area contributed by atoms with Crippen molar-refractivity contribution in [1.82, 2.24) is 36.8 Å². The van der Waals surface area contributed by atoms with E-state index < -0.39 is 126 Å². The number of ether oxygens (including phenoxy) is 2. The summed E-state index contributed by atoms with van der Waals surface area (Å²) < 4.78 is 12.2. The van der Waals surface area contributed by atoms with E-state index in [1.54, 1.807) is 46.8 Å². The van der Waals surface area contributed by atoms with Gasteiger partial charge in [-0.25, -0.2) is 4.79 Å². The van der Waals surface area contributed by atoms with Crippen LogP contribution in [0.5, 0.6) is 5.75 Å². The van der Waals surface area contributed by atoms with Gasteiger partial charge in [-0.15, -0.1) is 0 Å². The van der Waals surface area contributed by atoms with Crippen LogP contribution in [-0.4, -0.2) is 125 Å². The summed E-state index contributed by atoms with van der Waals surface area (Å²) in [5, 5.41) is 26.0. The Bertz CT molecular complexity index is 1890. The van der Waals surface area contributed by atoms with Gasteiger partial charge in [0.2, 0.25) is 47.3 Å². The molecule has 1 aromatic rings. The van der Waals surface area contributed by atoms with Gasteiger partial charge in [-0.1, -0.05) is 73.9 Å². The largest absolute Gasteiger partial charge is 0.508 e. The van der Waals surface area contributed by atoms with Crippen LogP contribution in [0.1, 0.15) is 113 Å². The van der Waals surface area contributed by atoms with E-state index in [1.807, 2.05) is 20.8 Å². The van der Waals surface area contributed by atoms with Gasteiger partial charge in [-0.3, -0.25) is 38.4 Å². The number of primary amides is 1. The first-order chi connectivity index (χ1) is 31.0. The maximum Gasteiger partial charge on any atom is 0.329 e. The van der Waals surface area contributed by atoms with Crippen LogP contribution in [0.25, 0.3) is 0 Å². The molecule has 3 heterocycles. The lowest BCUT2D eigenvalue weighted by Gasteiger charge is -2.36. The number of likely N-dealkylation sites (N-methyl/N-ethyl adjacent to an activating group) is 1. The highest BCUT2D eigenvalue weighted by atomic mass is 16.5. The first-order valence-electron chi connectivity index (χ1n) is 23.0. The first-order valence-corrected chi connectivity index (χ1v) is 23.0. The van der Waals surface area contributed by atoms with Crippen molar-refractivity contribution in [1.29, 1.82) is 0 Å². The molecule has 0 aliphatic carbocycles. The van der Waals surface area contributed by atoms with Crippen LogP contribution in [0.4, 0.5) is 0 Å². The fourth-order valence-corrected chi connectivity index (χ4v) is 7.72. The number of piperidine rings is 1. The van der Waals surface area contributed by atoms with E-state index in [4.69, 9.17) is 15.2 Å². The van der Waals surface area contributed by atoms with Gasteiger partial charge in [-0.05, 0) is 68.6 Å². The minimum absolute atomic E-state index is 0.0101.